The van der Waals surface area contributed by atoms with E-state index in [0.29, 0.717) is 32.1 Å². The van der Waals surface area contributed by atoms with Crippen molar-refractivity contribution in [2.24, 2.45) is 4.99 Å². The lowest BCUT2D eigenvalue weighted by Crippen LogP contribution is -2.41. The molecule has 5 nitrogen and oxygen atoms in total. The van der Waals surface area contributed by atoms with Crippen molar-refractivity contribution in [1.29, 1.82) is 0 Å². The molecule has 0 aromatic heterocycles. The Morgan fingerprint density at radius 2 is 2.46 bits per heavy atom. The average molecular weight is 186 g/mol. The largest absolute Gasteiger partial charge is 0.483 e. The number of rotatable bonds is 1. The zero-order valence-electron chi connectivity index (χ0n) is 7.95. The van der Waals surface area contributed by atoms with Crippen molar-refractivity contribution in [3.8, 4) is 0 Å². The summed E-state index contributed by atoms with van der Waals surface area (Å²) in [7, 11) is 1.55. The fraction of sp³-hybridized carbons (Fsp3) is 0.750. The van der Waals surface area contributed by atoms with Crippen molar-refractivity contribution < 1.29 is 14.3 Å². The summed E-state index contributed by atoms with van der Waals surface area (Å²) in [4.78, 5) is 16.9. The Hall–Kier alpha value is -1.26. The zero-order chi connectivity index (χ0) is 9.68. The first-order valence-electron chi connectivity index (χ1n) is 4.27. The van der Waals surface area contributed by atoms with E-state index >= 15 is 0 Å². The third-order valence-corrected chi connectivity index (χ3v) is 1.75. The number of carbonyl (C=O) groups excluding carboxylic acids is 1. The summed E-state index contributed by atoms with van der Waals surface area (Å²) in [5.41, 5.74) is 0. The van der Waals surface area contributed by atoms with Crippen LogP contribution in [-0.2, 0) is 9.47 Å². The van der Waals surface area contributed by atoms with Gasteiger partial charge < -0.3 is 9.47 Å². The van der Waals surface area contributed by atoms with E-state index in [2.05, 4.69) is 4.99 Å². The summed E-state index contributed by atoms with van der Waals surface area (Å²) in [5, 5.41) is 0. The number of aliphatic imine (C=N–C) groups is 1. The molecule has 0 aliphatic carbocycles. The van der Waals surface area contributed by atoms with E-state index in [-0.39, 0.29) is 6.09 Å². The van der Waals surface area contributed by atoms with E-state index in [1.165, 1.54) is 0 Å². The highest BCUT2D eigenvalue weighted by Crippen LogP contribution is 2.01. The SMILES string of the molecule is CCOC(=O)N1CCN=C(OC)C1. The fourth-order valence-electron chi connectivity index (χ4n) is 1.09. The molecule has 0 saturated carbocycles. The van der Waals surface area contributed by atoms with Gasteiger partial charge in [-0.15, -0.1) is 0 Å². The van der Waals surface area contributed by atoms with Crippen molar-refractivity contribution in [3.63, 3.8) is 0 Å². The molecule has 1 rings (SSSR count). The summed E-state index contributed by atoms with van der Waals surface area (Å²) in [6.45, 7) is 3.78. The van der Waals surface area contributed by atoms with Gasteiger partial charge in [-0.1, -0.05) is 0 Å². The van der Waals surface area contributed by atoms with Crippen molar-refractivity contribution in [3.05, 3.63) is 0 Å². The molecule has 0 saturated heterocycles. The van der Waals surface area contributed by atoms with Gasteiger partial charge in [-0.3, -0.25) is 9.89 Å². The second-order valence-electron chi connectivity index (χ2n) is 2.60. The zero-order valence-corrected chi connectivity index (χ0v) is 7.95. The second kappa shape index (κ2) is 4.69. The van der Waals surface area contributed by atoms with Crippen molar-refractivity contribution >= 4 is 12.0 Å². The van der Waals surface area contributed by atoms with Crippen LogP contribution < -0.4 is 0 Å². The minimum Gasteiger partial charge on any atom is -0.483 e. The van der Waals surface area contributed by atoms with Crippen LogP contribution in [0.1, 0.15) is 6.92 Å². The maximum absolute atomic E-state index is 11.3. The van der Waals surface area contributed by atoms with Gasteiger partial charge in [0.2, 0.25) is 5.90 Å². The van der Waals surface area contributed by atoms with Gasteiger partial charge in [-0.05, 0) is 6.92 Å². The third-order valence-electron chi connectivity index (χ3n) is 1.75. The van der Waals surface area contributed by atoms with E-state index in [1.807, 2.05) is 0 Å². The van der Waals surface area contributed by atoms with E-state index < -0.39 is 0 Å². The van der Waals surface area contributed by atoms with E-state index in [1.54, 1.807) is 18.9 Å². The van der Waals surface area contributed by atoms with Crippen molar-refractivity contribution in [2.75, 3.05) is 33.4 Å². The number of methoxy groups -OCH3 is 1. The Morgan fingerprint density at radius 3 is 3.08 bits per heavy atom. The molecule has 74 valence electrons. The Morgan fingerprint density at radius 1 is 1.69 bits per heavy atom. The molecule has 0 spiro atoms. The molecule has 0 N–H and O–H groups in total. The van der Waals surface area contributed by atoms with Crippen LogP contribution in [0.2, 0.25) is 0 Å². The van der Waals surface area contributed by atoms with Crippen LogP contribution in [0.25, 0.3) is 0 Å². The van der Waals surface area contributed by atoms with Gasteiger partial charge in [-0.2, -0.15) is 0 Å². The summed E-state index contributed by atoms with van der Waals surface area (Å²) >= 11 is 0. The smallest absolute Gasteiger partial charge is 0.410 e. The standard InChI is InChI=1S/C8H14N2O3/c1-3-13-8(11)10-5-4-9-7(6-10)12-2/h3-6H2,1-2H3. The van der Waals surface area contributed by atoms with Gasteiger partial charge >= 0.3 is 6.09 Å². The number of amides is 1. The lowest BCUT2D eigenvalue weighted by molar-refractivity contribution is 0.110. The molecule has 1 heterocycles. The predicted molar refractivity (Wildman–Crippen MR) is 47.9 cm³/mol. The van der Waals surface area contributed by atoms with Gasteiger partial charge in [0.05, 0.1) is 26.8 Å². The monoisotopic (exact) mass is 186 g/mol. The van der Waals surface area contributed by atoms with Gasteiger partial charge in [-0.25, -0.2) is 4.79 Å². The topological polar surface area (TPSA) is 51.1 Å². The lowest BCUT2D eigenvalue weighted by atomic mass is 10.4. The first-order valence-corrected chi connectivity index (χ1v) is 4.27. The molecule has 0 bridgehead atoms. The molecule has 0 fully saturated rings. The number of hydrogen-bond donors (Lipinski definition) is 0. The number of hydrogen-bond acceptors (Lipinski definition) is 4. The Kier molecular flexibility index (Phi) is 3.54. The highest BCUT2D eigenvalue weighted by atomic mass is 16.6. The summed E-state index contributed by atoms with van der Waals surface area (Å²) < 4.78 is 9.80. The van der Waals surface area contributed by atoms with Crippen LogP contribution in [0.5, 0.6) is 0 Å². The molecule has 13 heavy (non-hydrogen) atoms. The molecule has 5 heteroatoms. The van der Waals surface area contributed by atoms with Crippen LogP contribution in [-0.4, -0.2) is 50.2 Å². The van der Waals surface area contributed by atoms with Crippen LogP contribution in [0, 0.1) is 0 Å². The summed E-state index contributed by atoms with van der Waals surface area (Å²) in [6.07, 6.45) is -0.299. The van der Waals surface area contributed by atoms with E-state index in [0.717, 1.165) is 0 Å². The van der Waals surface area contributed by atoms with Crippen LogP contribution >= 0.6 is 0 Å². The predicted octanol–water partition coefficient (Wildman–Crippen LogP) is 0.503. The highest BCUT2D eigenvalue weighted by molar-refractivity contribution is 5.83. The number of ether oxygens (including phenoxy) is 2. The molecule has 1 amide bonds. The van der Waals surface area contributed by atoms with Crippen LogP contribution in [0.4, 0.5) is 4.79 Å². The van der Waals surface area contributed by atoms with Gasteiger partial charge in [0.15, 0.2) is 0 Å². The summed E-state index contributed by atoms with van der Waals surface area (Å²) in [5.74, 6) is 0.583. The quantitative estimate of drug-likeness (QED) is 0.599. The number of carbonyl (C=O) groups is 1. The van der Waals surface area contributed by atoms with Gasteiger partial charge in [0, 0.05) is 6.54 Å². The van der Waals surface area contributed by atoms with Crippen LogP contribution in [0.3, 0.4) is 0 Å². The Balaban J connectivity index is 2.45. The molecule has 0 radical (unpaired) electrons. The van der Waals surface area contributed by atoms with E-state index in [4.69, 9.17) is 9.47 Å². The minimum absolute atomic E-state index is 0.299. The molecule has 1 aliphatic heterocycles. The minimum atomic E-state index is -0.299. The molecular formula is C8H14N2O3. The molecule has 0 atom stereocenters. The number of nitrogens with zero attached hydrogens (tertiary/aromatic N) is 2. The molecule has 0 aromatic carbocycles. The lowest BCUT2D eigenvalue weighted by Gasteiger charge is -2.24. The summed E-state index contributed by atoms with van der Waals surface area (Å²) in [6, 6.07) is 0. The molecule has 1 aliphatic rings. The molecule has 0 aromatic rings. The second-order valence-corrected chi connectivity index (χ2v) is 2.60. The maximum Gasteiger partial charge on any atom is 0.410 e. The Labute approximate surface area is 77.3 Å². The first kappa shape index (κ1) is 9.83. The Bertz CT molecular complexity index is 215. The van der Waals surface area contributed by atoms with Gasteiger partial charge in [0.25, 0.3) is 0 Å². The molecule has 0 unspecified atom stereocenters. The fourth-order valence-corrected chi connectivity index (χ4v) is 1.09. The average Bonchev–Trinajstić information content (AvgIpc) is 2.18. The van der Waals surface area contributed by atoms with Gasteiger partial charge in [0.1, 0.15) is 0 Å². The van der Waals surface area contributed by atoms with Crippen molar-refractivity contribution in [1.82, 2.24) is 4.90 Å². The highest BCUT2D eigenvalue weighted by Gasteiger charge is 2.20. The third kappa shape index (κ3) is 2.61. The normalized spacial score (nSPS) is 16.5. The van der Waals surface area contributed by atoms with E-state index in [9.17, 15) is 4.79 Å². The maximum atomic E-state index is 11.3. The van der Waals surface area contributed by atoms with Crippen molar-refractivity contribution in [2.45, 2.75) is 6.92 Å². The first-order chi connectivity index (χ1) is 6.27. The molecular weight excluding hydrogens is 172 g/mol. The van der Waals surface area contributed by atoms with Crippen LogP contribution in [0.15, 0.2) is 4.99 Å².